The maximum atomic E-state index is 13.6. The first-order chi connectivity index (χ1) is 16.7. The predicted octanol–water partition coefficient (Wildman–Crippen LogP) is 3.98. The fraction of sp³-hybridized carbons (Fsp3) is 0.333. The van der Waals surface area contributed by atoms with E-state index in [9.17, 15) is 35.6 Å². The summed E-state index contributed by atoms with van der Waals surface area (Å²) in [5.74, 6) is -2.12. The monoisotopic (exact) mass is 551 g/mol. The molecule has 194 valence electrons. The SMILES string of the molecule is O=C(O)Nc1ccc2c(c1)N(S(=O)(=O)c1ccc(F)c(Cl)c1)CC(CNC(=O)C1(C(F)(F)F)CC1)O2. The van der Waals surface area contributed by atoms with Crippen molar-refractivity contribution >= 4 is 45.0 Å². The number of hydrogen-bond acceptors (Lipinski definition) is 5. The van der Waals surface area contributed by atoms with Crippen LogP contribution < -0.4 is 19.7 Å². The van der Waals surface area contributed by atoms with Crippen LogP contribution >= 0.6 is 11.6 Å². The lowest BCUT2D eigenvalue weighted by Crippen LogP contribution is -2.50. The van der Waals surface area contributed by atoms with E-state index in [1.54, 1.807) is 0 Å². The Balaban J connectivity index is 1.65. The minimum atomic E-state index is -4.72. The molecule has 9 nitrogen and oxygen atoms in total. The maximum Gasteiger partial charge on any atom is 0.409 e. The summed E-state index contributed by atoms with van der Waals surface area (Å²) in [6, 6.07) is 6.45. The van der Waals surface area contributed by atoms with Gasteiger partial charge in [0.1, 0.15) is 23.1 Å². The van der Waals surface area contributed by atoms with Gasteiger partial charge in [-0.15, -0.1) is 0 Å². The molecule has 2 aromatic rings. The van der Waals surface area contributed by atoms with E-state index in [0.717, 1.165) is 22.5 Å². The largest absolute Gasteiger partial charge is 0.484 e. The zero-order chi connectivity index (χ0) is 26.5. The zero-order valence-electron chi connectivity index (χ0n) is 18.1. The van der Waals surface area contributed by atoms with Crippen LogP contribution in [0.4, 0.5) is 33.7 Å². The third-order valence-electron chi connectivity index (χ3n) is 5.84. The second kappa shape index (κ2) is 9.00. The number of nitrogens with zero attached hydrogens (tertiary/aromatic N) is 1. The molecule has 3 N–H and O–H groups in total. The number of nitrogens with one attached hydrogen (secondary N) is 2. The lowest BCUT2D eigenvalue weighted by atomic mass is 10.1. The Bertz CT molecular complexity index is 1330. The Morgan fingerprint density at radius 3 is 2.47 bits per heavy atom. The molecule has 1 heterocycles. The van der Waals surface area contributed by atoms with Crippen molar-refractivity contribution in [2.24, 2.45) is 5.41 Å². The summed E-state index contributed by atoms with van der Waals surface area (Å²) >= 11 is 5.74. The maximum absolute atomic E-state index is 13.6. The third-order valence-corrected chi connectivity index (χ3v) is 7.90. The molecular weight excluding hydrogens is 534 g/mol. The van der Waals surface area contributed by atoms with Gasteiger partial charge in [-0.3, -0.25) is 14.4 Å². The third kappa shape index (κ3) is 4.74. The fourth-order valence-corrected chi connectivity index (χ4v) is 5.52. The number of hydrogen-bond donors (Lipinski definition) is 3. The summed E-state index contributed by atoms with van der Waals surface area (Å²) in [6.07, 6.45) is -7.92. The number of benzene rings is 2. The van der Waals surface area contributed by atoms with Crippen molar-refractivity contribution < 1.29 is 45.4 Å². The first kappa shape index (κ1) is 25.8. The summed E-state index contributed by atoms with van der Waals surface area (Å²) in [7, 11) is -4.44. The quantitative estimate of drug-likeness (QED) is 0.466. The van der Waals surface area contributed by atoms with Gasteiger partial charge in [0.25, 0.3) is 10.0 Å². The normalized spacial score (nSPS) is 18.6. The molecule has 2 aliphatic rings. The number of fused-ring (bicyclic) bond motifs is 1. The van der Waals surface area contributed by atoms with Crippen LogP contribution in [0.15, 0.2) is 41.3 Å². The van der Waals surface area contributed by atoms with E-state index in [2.05, 4.69) is 10.6 Å². The van der Waals surface area contributed by atoms with Crippen molar-refractivity contribution in [2.45, 2.75) is 30.0 Å². The van der Waals surface area contributed by atoms with Crippen LogP contribution in [0.2, 0.25) is 5.02 Å². The Morgan fingerprint density at radius 2 is 1.89 bits per heavy atom. The molecule has 36 heavy (non-hydrogen) atoms. The molecule has 0 aromatic heterocycles. The minimum absolute atomic E-state index is 0.00907. The summed E-state index contributed by atoms with van der Waals surface area (Å²) in [4.78, 5) is 22.9. The average Bonchev–Trinajstić information content (AvgIpc) is 3.61. The molecule has 0 radical (unpaired) electrons. The summed E-state index contributed by atoms with van der Waals surface area (Å²) in [6.45, 7) is -0.901. The van der Waals surface area contributed by atoms with Gasteiger partial charge in [-0.25, -0.2) is 17.6 Å². The molecule has 1 atom stereocenters. The number of anilines is 2. The van der Waals surface area contributed by atoms with Gasteiger partial charge in [0.05, 0.1) is 28.7 Å². The standard InChI is InChI=1S/C21H18ClF4N3O6S/c22-14-8-13(2-3-15(14)23)36(33,34)29-10-12(9-27-18(30)20(5-6-20)21(24,25)26)35-17-4-1-11(7-16(17)29)28-19(31)32/h1-4,7-8,12,28H,5-6,9-10H2,(H,27,30)(H,31,32). The highest BCUT2D eigenvalue weighted by atomic mass is 35.5. The summed E-state index contributed by atoms with van der Waals surface area (Å²) < 4.78 is 86.8. The highest BCUT2D eigenvalue weighted by molar-refractivity contribution is 7.92. The van der Waals surface area contributed by atoms with Crippen molar-refractivity contribution in [3.05, 3.63) is 47.2 Å². The van der Waals surface area contributed by atoms with Crippen molar-refractivity contribution in [3.63, 3.8) is 0 Å². The van der Waals surface area contributed by atoms with E-state index in [-0.39, 0.29) is 30.0 Å². The molecule has 0 spiro atoms. The van der Waals surface area contributed by atoms with Crippen molar-refractivity contribution in [2.75, 3.05) is 22.7 Å². The number of alkyl halides is 3. The number of ether oxygens (including phenoxy) is 1. The van der Waals surface area contributed by atoms with E-state index in [0.29, 0.717) is 0 Å². The number of sulfonamides is 1. The van der Waals surface area contributed by atoms with Crippen LogP contribution in [-0.4, -0.2) is 50.9 Å². The second-order valence-corrected chi connectivity index (χ2v) is 10.5. The number of halogens is 5. The van der Waals surface area contributed by atoms with Gasteiger partial charge in [-0.2, -0.15) is 13.2 Å². The molecule has 1 saturated carbocycles. The smallest absolute Gasteiger partial charge is 0.409 e. The molecule has 4 rings (SSSR count). The van der Waals surface area contributed by atoms with E-state index >= 15 is 0 Å². The Kier molecular flexibility index (Phi) is 6.45. The van der Waals surface area contributed by atoms with Gasteiger partial charge in [0.2, 0.25) is 5.91 Å². The van der Waals surface area contributed by atoms with E-state index < -0.39 is 68.5 Å². The van der Waals surface area contributed by atoms with Crippen LogP contribution in [0.25, 0.3) is 0 Å². The molecule has 2 amide bonds. The highest BCUT2D eigenvalue weighted by Crippen LogP contribution is 2.57. The van der Waals surface area contributed by atoms with Crippen LogP contribution in [0.1, 0.15) is 12.8 Å². The van der Waals surface area contributed by atoms with Crippen LogP contribution in [0, 0.1) is 11.2 Å². The topological polar surface area (TPSA) is 125 Å². The minimum Gasteiger partial charge on any atom is -0.484 e. The first-order valence-corrected chi connectivity index (χ1v) is 12.2. The van der Waals surface area contributed by atoms with Crippen molar-refractivity contribution in [1.82, 2.24) is 5.32 Å². The number of carboxylic acid groups (broad SMARTS) is 1. The Morgan fingerprint density at radius 1 is 1.19 bits per heavy atom. The van der Waals surface area contributed by atoms with Crippen LogP contribution in [0.3, 0.4) is 0 Å². The summed E-state index contributed by atoms with van der Waals surface area (Å²) in [5.41, 5.74) is -2.54. The van der Waals surface area contributed by atoms with Crippen molar-refractivity contribution in [1.29, 1.82) is 0 Å². The number of amides is 2. The first-order valence-electron chi connectivity index (χ1n) is 10.4. The highest BCUT2D eigenvalue weighted by Gasteiger charge is 2.68. The Hall–Kier alpha value is -3.26. The van der Waals surface area contributed by atoms with E-state index in [4.69, 9.17) is 21.4 Å². The molecule has 1 aliphatic carbocycles. The molecule has 1 fully saturated rings. The van der Waals surface area contributed by atoms with Crippen molar-refractivity contribution in [3.8, 4) is 5.75 Å². The van der Waals surface area contributed by atoms with Gasteiger partial charge < -0.3 is 15.2 Å². The van der Waals surface area contributed by atoms with Gasteiger partial charge in [-0.1, -0.05) is 11.6 Å². The lowest BCUT2D eigenvalue weighted by Gasteiger charge is -2.36. The predicted molar refractivity (Wildman–Crippen MR) is 119 cm³/mol. The Labute approximate surface area is 207 Å². The molecular formula is C21H18ClF4N3O6S. The number of carbonyl (C=O) groups excluding carboxylic acids is 1. The van der Waals surface area contributed by atoms with Gasteiger partial charge >= 0.3 is 12.3 Å². The molecule has 15 heteroatoms. The molecule has 0 bridgehead atoms. The second-order valence-electron chi connectivity index (χ2n) is 8.25. The van der Waals surface area contributed by atoms with Gasteiger partial charge in [-0.05, 0) is 49.2 Å². The molecule has 1 aliphatic heterocycles. The molecule has 2 aromatic carbocycles. The summed E-state index contributed by atoms with van der Waals surface area (Å²) in [5, 5.41) is 12.8. The molecule has 1 unspecified atom stereocenters. The average molecular weight is 552 g/mol. The lowest BCUT2D eigenvalue weighted by molar-refractivity contribution is -0.192. The van der Waals surface area contributed by atoms with Gasteiger partial charge in [0, 0.05) is 5.69 Å². The van der Waals surface area contributed by atoms with E-state index in [1.807, 2.05) is 0 Å². The van der Waals surface area contributed by atoms with Crippen LogP contribution in [0.5, 0.6) is 5.75 Å². The van der Waals surface area contributed by atoms with E-state index in [1.165, 1.54) is 18.2 Å². The van der Waals surface area contributed by atoms with Gasteiger partial charge in [0.15, 0.2) is 0 Å². The number of rotatable bonds is 6. The van der Waals surface area contributed by atoms with Crippen LogP contribution in [-0.2, 0) is 14.8 Å². The fourth-order valence-electron chi connectivity index (χ4n) is 3.75. The number of carbonyl (C=O) groups is 2. The molecule has 0 saturated heterocycles. The zero-order valence-corrected chi connectivity index (χ0v) is 19.7.